The largest absolute Gasteiger partial charge is 0.472 e. The van der Waals surface area contributed by atoms with Gasteiger partial charge in [-0.15, -0.1) is 0 Å². The summed E-state index contributed by atoms with van der Waals surface area (Å²) < 4.78 is 33.7. The van der Waals surface area contributed by atoms with Crippen molar-refractivity contribution in [1.29, 1.82) is 0 Å². The standard InChI is InChI=1S/C26H38FN3O4Si/c1-26(2,3)35(5,6)34-20-13-18(11-17(20)14-31)33-25-22(27)24(28-15-29-25)30-23-19-10-8-7-9-16(19)12-21(23)32-4/h7-10,15,17-18,20-21,23,31H,11-14H2,1-6H3,(H,28,29,30)/t17-,18+,20-,21-,23+/m0/s1. The van der Waals surface area contributed by atoms with Gasteiger partial charge >= 0.3 is 0 Å². The number of anilines is 1. The van der Waals surface area contributed by atoms with Gasteiger partial charge in [-0.3, -0.25) is 0 Å². The van der Waals surface area contributed by atoms with E-state index in [-0.39, 0.29) is 53.6 Å². The molecule has 0 radical (unpaired) electrons. The van der Waals surface area contributed by atoms with Crippen LogP contribution in [0.4, 0.5) is 10.2 Å². The number of rotatable bonds is 8. The second kappa shape index (κ2) is 10.1. The van der Waals surface area contributed by atoms with Crippen molar-refractivity contribution < 1.29 is 23.4 Å². The molecule has 0 amide bonds. The van der Waals surface area contributed by atoms with Gasteiger partial charge in [-0.05, 0) is 35.7 Å². The number of aliphatic hydroxyl groups excluding tert-OH is 1. The van der Waals surface area contributed by atoms with Crippen LogP contribution < -0.4 is 10.1 Å². The molecule has 2 N–H and O–H groups in total. The number of halogens is 1. The van der Waals surface area contributed by atoms with Crippen molar-refractivity contribution in [2.24, 2.45) is 5.92 Å². The van der Waals surface area contributed by atoms with Crippen molar-refractivity contribution in [3.63, 3.8) is 0 Å². The molecule has 1 aromatic heterocycles. The van der Waals surface area contributed by atoms with Crippen LogP contribution in [0.5, 0.6) is 5.88 Å². The first-order valence-corrected chi connectivity index (χ1v) is 15.3. The van der Waals surface area contributed by atoms with E-state index in [1.165, 1.54) is 11.9 Å². The number of nitrogens with one attached hydrogen (secondary N) is 1. The van der Waals surface area contributed by atoms with Gasteiger partial charge in [-0.1, -0.05) is 45.0 Å². The van der Waals surface area contributed by atoms with E-state index >= 15 is 4.39 Å². The molecule has 1 saturated carbocycles. The predicted molar refractivity (Wildman–Crippen MR) is 136 cm³/mol. The van der Waals surface area contributed by atoms with Crippen LogP contribution in [0.1, 0.15) is 50.8 Å². The second-order valence-electron chi connectivity index (χ2n) is 11.2. The summed E-state index contributed by atoms with van der Waals surface area (Å²) in [5.41, 5.74) is 2.25. The third kappa shape index (κ3) is 5.38. The van der Waals surface area contributed by atoms with Gasteiger partial charge in [0, 0.05) is 32.5 Å². The maximum absolute atomic E-state index is 15.5. The van der Waals surface area contributed by atoms with Crippen molar-refractivity contribution in [1.82, 2.24) is 9.97 Å². The predicted octanol–water partition coefficient (Wildman–Crippen LogP) is 4.88. The Morgan fingerprint density at radius 2 is 1.89 bits per heavy atom. The van der Waals surface area contributed by atoms with Gasteiger partial charge in [0.1, 0.15) is 12.4 Å². The molecule has 0 bridgehead atoms. The maximum atomic E-state index is 15.5. The summed E-state index contributed by atoms with van der Waals surface area (Å²) in [5.74, 6) is -0.669. The fourth-order valence-corrected chi connectivity index (χ4v) is 6.21. The van der Waals surface area contributed by atoms with Gasteiger partial charge in [0.15, 0.2) is 14.1 Å². The summed E-state index contributed by atoms with van der Waals surface area (Å²) in [6.07, 6.45) is 2.70. The number of benzene rings is 1. The van der Waals surface area contributed by atoms with E-state index in [1.807, 2.05) is 18.2 Å². The van der Waals surface area contributed by atoms with Crippen LogP contribution in [0.3, 0.4) is 0 Å². The van der Waals surface area contributed by atoms with E-state index in [0.717, 1.165) is 12.0 Å². The Balaban J connectivity index is 1.48. The molecular formula is C26H38FN3O4Si. The number of methoxy groups -OCH3 is 1. The molecule has 1 fully saturated rings. The van der Waals surface area contributed by atoms with Gasteiger partial charge in [0.25, 0.3) is 5.88 Å². The fraction of sp³-hybridized carbons (Fsp3) is 0.615. The molecule has 2 aromatic rings. The molecule has 9 heteroatoms. The molecule has 1 heterocycles. The Morgan fingerprint density at radius 3 is 2.57 bits per heavy atom. The van der Waals surface area contributed by atoms with Crippen LogP contribution in [0.15, 0.2) is 30.6 Å². The van der Waals surface area contributed by atoms with Crippen LogP contribution in [-0.2, 0) is 15.6 Å². The normalized spacial score (nSPS) is 26.6. The van der Waals surface area contributed by atoms with Crippen LogP contribution in [0.2, 0.25) is 18.1 Å². The van der Waals surface area contributed by atoms with Crippen LogP contribution in [-0.4, -0.2) is 55.4 Å². The first kappa shape index (κ1) is 26.0. The SMILES string of the molecule is CO[C@H]1Cc2ccccc2[C@H]1Nc1ncnc(O[C@@H]2C[C@@H](CO)[C@@H](O[Si](C)(C)C(C)(C)C)C2)c1F. The molecule has 2 aliphatic rings. The van der Waals surface area contributed by atoms with Crippen molar-refractivity contribution in [3.8, 4) is 5.88 Å². The minimum Gasteiger partial charge on any atom is -0.472 e. The maximum Gasteiger partial charge on any atom is 0.256 e. The highest BCUT2D eigenvalue weighted by atomic mass is 28.4. The Kier molecular flexibility index (Phi) is 7.52. The molecule has 4 rings (SSSR count). The summed E-state index contributed by atoms with van der Waals surface area (Å²) in [7, 11) is -0.355. The lowest BCUT2D eigenvalue weighted by molar-refractivity contribution is 0.0956. The average molecular weight is 504 g/mol. The third-order valence-electron chi connectivity index (χ3n) is 7.89. The molecule has 7 nitrogen and oxygen atoms in total. The summed E-state index contributed by atoms with van der Waals surface area (Å²) in [5, 5.41) is 13.2. The lowest BCUT2D eigenvalue weighted by atomic mass is 10.1. The number of ether oxygens (including phenoxy) is 2. The zero-order chi connectivity index (χ0) is 25.4. The molecule has 1 aromatic carbocycles. The van der Waals surface area contributed by atoms with E-state index < -0.39 is 14.1 Å². The molecule has 0 aliphatic heterocycles. The fourth-order valence-electron chi connectivity index (χ4n) is 4.82. The van der Waals surface area contributed by atoms with Crippen molar-refractivity contribution in [2.75, 3.05) is 19.0 Å². The highest BCUT2D eigenvalue weighted by Crippen LogP contribution is 2.42. The first-order valence-electron chi connectivity index (χ1n) is 12.4. The van der Waals surface area contributed by atoms with E-state index in [0.29, 0.717) is 12.8 Å². The molecule has 2 aliphatic carbocycles. The third-order valence-corrected chi connectivity index (χ3v) is 12.4. The van der Waals surface area contributed by atoms with Crippen molar-refractivity contribution in [2.45, 2.75) is 82.5 Å². The summed E-state index contributed by atoms with van der Waals surface area (Å²) in [6.45, 7) is 11.0. The number of fused-ring (bicyclic) bond motifs is 1. The van der Waals surface area contributed by atoms with Crippen LogP contribution in [0.25, 0.3) is 0 Å². The van der Waals surface area contributed by atoms with Crippen LogP contribution >= 0.6 is 0 Å². The van der Waals surface area contributed by atoms with Crippen molar-refractivity contribution >= 4 is 14.1 Å². The highest BCUT2D eigenvalue weighted by molar-refractivity contribution is 6.74. The number of hydrogen-bond acceptors (Lipinski definition) is 7. The summed E-state index contributed by atoms with van der Waals surface area (Å²) in [4.78, 5) is 8.22. The number of nitrogens with zero attached hydrogens (tertiary/aromatic N) is 2. The molecule has 5 atom stereocenters. The van der Waals surface area contributed by atoms with E-state index in [1.54, 1.807) is 7.11 Å². The quantitative estimate of drug-likeness (QED) is 0.497. The molecule has 0 unspecified atom stereocenters. The Hall–Kier alpha value is -2.07. The topological polar surface area (TPSA) is 85.7 Å². The highest BCUT2D eigenvalue weighted by Gasteiger charge is 2.44. The van der Waals surface area contributed by atoms with Crippen molar-refractivity contribution in [3.05, 3.63) is 47.5 Å². The second-order valence-corrected chi connectivity index (χ2v) is 16.0. The van der Waals surface area contributed by atoms with Gasteiger partial charge in [-0.2, -0.15) is 9.37 Å². The minimum atomic E-state index is -2.02. The van der Waals surface area contributed by atoms with Gasteiger partial charge < -0.3 is 24.3 Å². The molecular weight excluding hydrogens is 465 g/mol. The lowest BCUT2D eigenvalue weighted by Gasteiger charge is -2.39. The molecule has 0 spiro atoms. The van der Waals surface area contributed by atoms with E-state index in [9.17, 15) is 5.11 Å². The summed E-state index contributed by atoms with van der Waals surface area (Å²) >= 11 is 0. The first-order chi connectivity index (χ1) is 16.5. The smallest absolute Gasteiger partial charge is 0.256 e. The summed E-state index contributed by atoms with van der Waals surface area (Å²) in [6, 6.07) is 7.83. The van der Waals surface area contributed by atoms with Crippen LogP contribution in [0, 0.1) is 11.7 Å². The minimum absolute atomic E-state index is 0.0116. The zero-order valence-corrected chi connectivity index (χ0v) is 22.5. The van der Waals surface area contributed by atoms with E-state index in [4.69, 9.17) is 13.9 Å². The lowest BCUT2D eigenvalue weighted by Crippen LogP contribution is -2.45. The zero-order valence-electron chi connectivity index (χ0n) is 21.5. The Bertz CT molecular complexity index is 1030. The average Bonchev–Trinajstić information content (AvgIpc) is 3.35. The number of aliphatic hydroxyl groups is 1. The number of hydrogen-bond donors (Lipinski definition) is 2. The molecule has 192 valence electrons. The monoisotopic (exact) mass is 503 g/mol. The Labute approximate surface area is 208 Å². The molecule has 35 heavy (non-hydrogen) atoms. The van der Waals surface area contributed by atoms with Gasteiger partial charge in [-0.25, -0.2) is 4.98 Å². The van der Waals surface area contributed by atoms with Gasteiger partial charge in [0.05, 0.1) is 18.2 Å². The van der Waals surface area contributed by atoms with Gasteiger partial charge in [0.2, 0.25) is 5.82 Å². The number of aromatic nitrogens is 2. The van der Waals surface area contributed by atoms with E-state index in [2.05, 4.69) is 55.2 Å². The Morgan fingerprint density at radius 1 is 1.14 bits per heavy atom. The molecule has 0 saturated heterocycles.